The third kappa shape index (κ3) is 12.1. The zero-order valence-corrected chi connectivity index (χ0v) is 29.4. The van der Waals surface area contributed by atoms with E-state index in [2.05, 4.69) is 44.5 Å². The third-order valence-corrected chi connectivity index (χ3v) is 12.7. The highest BCUT2D eigenvalue weighted by atomic mass is 28.4. The molecule has 0 fully saturated rings. The summed E-state index contributed by atoms with van der Waals surface area (Å²) in [7, 11) is -2.41. The molecule has 2 rings (SSSR count). The summed E-state index contributed by atoms with van der Waals surface area (Å²) in [6.07, 6.45) is 0.144. The number of hydrogen-bond donors (Lipinski definition) is 3. The van der Waals surface area contributed by atoms with Crippen LogP contribution in [0.5, 0.6) is 0 Å². The van der Waals surface area contributed by atoms with E-state index in [4.69, 9.17) is 14.9 Å². The molecule has 0 aromatic heterocycles. The van der Waals surface area contributed by atoms with Crippen LogP contribution < -0.4 is 16.4 Å². The second-order valence-corrected chi connectivity index (χ2v) is 19.4. The number of carbonyl (C=O) groups excluding carboxylic acids is 3. The van der Waals surface area contributed by atoms with Crippen molar-refractivity contribution in [2.75, 3.05) is 0 Å². The van der Waals surface area contributed by atoms with Gasteiger partial charge in [0, 0.05) is 5.92 Å². The average molecular weight is 626 g/mol. The van der Waals surface area contributed by atoms with E-state index in [0.717, 1.165) is 11.1 Å². The summed E-state index contributed by atoms with van der Waals surface area (Å²) in [6, 6.07) is 18.4. The molecule has 244 valence electrons. The van der Waals surface area contributed by atoms with Crippen LogP contribution in [0.15, 0.2) is 60.7 Å². The van der Waals surface area contributed by atoms with Gasteiger partial charge in [-0.1, -0.05) is 95.3 Å². The van der Waals surface area contributed by atoms with E-state index in [1.807, 2.05) is 95.3 Å². The Hall–Kier alpha value is -3.17. The average Bonchev–Trinajstić information content (AvgIpc) is 2.89. The van der Waals surface area contributed by atoms with Crippen molar-refractivity contribution in [3.05, 3.63) is 71.8 Å². The molecule has 0 aliphatic heterocycles. The first-order valence-corrected chi connectivity index (χ1v) is 18.5. The molecule has 4 atom stereocenters. The van der Waals surface area contributed by atoms with E-state index in [9.17, 15) is 14.4 Å². The molecule has 8 nitrogen and oxygen atoms in total. The maximum atomic E-state index is 14.0. The summed E-state index contributed by atoms with van der Waals surface area (Å²) in [5.74, 6) is -1.58. The van der Waals surface area contributed by atoms with Crippen molar-refractivity contribution in [1.82, 2.24) is 10.6 Å². The van der Waals surface area contributed by atoms with Gasteiger partial charge in [0.2, 0.25) is 11.8 Å². The first kappa shape index (κ1) is 37.0. The number of nitrogens with one attached hydrogen (secondary N) is 2. The third-order valence-electron chi connectivity index (χ3n) is 8.19. The van der Waals surface area contributed by atoms with Crippen molar-refractivity contribution in [2.24, 2.45) is 17.6 Å². The first-order chi connectivity index (χ1) is 20.3. The molecule has 2 aromatic carbocycles. The Balaban J connectivity index is 2.61. The van der Waals surface area contributed by atoms with E-state index in [0.29, 0.717) is 19.3 Å². The second-order valence-electron chi connectivity index (χ2n) is 14.6. The molecular formula is C35H55N3O5Si. The Morgan fingerprint density at radius 2 is 1.32 bits per heavy atom. The van der Waals surface area contributed by atoms with Gasteiger partial charge in [-0.3, -0.25) is 9.59 Å². The fourth-order valence-electron chi connectivity index (χ4n) is 4.75. The van der Waals surface area contributed by atoms with E-state index in [-0.39, 0.29) is 16.9 Å². The maximum absolute atomic E-state index is 14.0. The normalized spacial score (nSPS) is 15.2. The quantitative estimate of drug-likeness (QED) is 0.210. The highest BCUT2D eigenvalue weighted by molar-refractivity contribution is 6.74. The molecule has 3 amide bonds. The monoisotopic (exact) mass is 625 g/mol. The smallest absolute Gasteiger partial charge is 0.407 e. The number of rotatable bonds is 14. The summed E-state index contributed by atoms with van der Waals surface area (Å²) < 4.78 is 12.8. The van der Waals surface area contributed by atoms with Crippen LogP contribution in [0.1, 0.15) is 72.9 Å². The number of amides is 3. The van der Waals surface area contributed by atoms with Gasteiger partial charge in [-0.15, -0.1) is 0 Å². The minimum atomic E-state index is -2.41. The highest BCUT2D eigenvalue weighted by Gasteiger charge is 2.43. The molecule has 0 aliphatic rings. The summed E-state index contributed by atoms with van der Waals surface area (Å²) in [5.41, 5.74) is 7.00. The summed E-state index contributed by atoms with van der Waals surface area (Å²) in [5, 5.41) is 5.91. The Kier molecular flexibility index (Phi) is 13.2. The van der Waals surface area contributed by atoms with Crippen LogP contribution in [0.2, 0.25) is 18.1 Å². The zero-order chi connectivity index (χ0) is 33.3. The van der Waals surface area contributed by atoms with E-state index >= 15 is 0 Å². The van der Waals surface area contributed by atoms with Gasteiger partial charge >= 0.3 is 6.09 Å². The van der Waals surface area contributed by atoms with E-state index in [1.54, 1.807) is 0 Å². The molecule has 9 heteroatoms. The van der Waals surface area contributed by atoms with Crippen molar-refractivity contribution in [2.45, 2.75) is 117 Å². The molecular weight excluding hydrogens is 570 g/mol. The fourth-order valence-corrected chi connectivity index (χ4v) is 6.12. The van der Waals surface area contributed by atoms with Crippen molar-refractivity contribution in [3.8, 4) is 0 Å². The lowest BCUT2D eigenvalue weighted by molar-refractivity contribution is -0.131. The Bertz CT molecular complexity index is 1210. The Morgan fingerprint density at radius 3 is 1.75 bits per heavy atom. The molecule has 2 aromatic rings. The second kappa shape index (κ2) is 15.7. The minimum absolute atomic E-state index is 0.125. The van der Waals surface area contributed by atoms with Crippen molar-refractivity contribution < 1.29 is 23.5 Å². The molecule has 0 radical (unpaired) electrons. The molecule has 0 spiro atoms. The fraction of sp³-hybridized carbons (Fsp3) is 0.571. The van der Waals surface area contributed by atoms with Crippen LogP contribution in [-0.2, 0) is 31.6 Å². The predicted octanol–water partition coefficient (Wildman–Crippen LogP) is 6.39. The lowest BCUT2D eigenvalue weighted by Gasteiger charge is -2.42. The SMILES string of the molecule is CC(C)[C@H](NC(=O)[C@H](Cc1ccccc1)C[C@H](O[Si](C)(C)C(C)(C)C)[C@H](Cc1ccccc1)NC(=O)OC(C)(C)C)C(N)=O. The van der Waals surface area contributed by atoms with Crippen LogP contribution in [0.4, 0.5) is 4.79 Å². The maximum Gasteiger partial charge on any atom is 0.407 e. The lowest BCUT2D eigenvalue weighted by Crippen LogP contribution is -2.55. The van der Waals surface area contributed by atoms with Crippen LogP contribution >= 0.6 is 0 Å². The number of benzene rings is 2. The minimum Gasteiger partial charge on any atom is -0.444 e. The van der Waals surface area contributed by atoms with Crippen LogP contribution in [0.3, 0.4) is 0 Å². The lowest BCUT2D eigenvalue weighted by atomic mass is 9.88. The number of hydrogen-bond acceptors (Lipinski definition) is 5. The van der Waals surface area contributed by atoms with Crippen LogP contribution in [-0.4, -0.2) is 50.0 Å². The summed E-state index contributed by atoms with van der Waals surface area (Å²) in [4.78, 5) is 39.5. The molecule has 0 unspecified atom stereocenters. The topological polar surface area (TPSA) is 120 Å². The predicted molar refractivity (Wildman–Crippen MR) is 180 cm³/mol. The van der Waals surface area contributed by atoms with E-state index < -0.39 is 50.0 Å². The van der Waals surface area contributed by atoms with Gasteiger partial charge in [-0.05, 0) is 75.2 Å². The standard InChI is InChI=1S/C35H55N3O5Si/c1-24(2)30(31(36)39)38-32(40)27(21-25-17-13-11-14-18-25)23-29(43-44(9,10)35(6,7)8)28(22-26-19-15-12-16-20-26)37-33(41)42-34(3,4)5/h11-20,24,27-30H,21-23H2,1-10H3,(H2,36,39)(H,37,41)(H,38,40)/t27-,28+,29+,30+/m1/s1. The Labute approximate surface area is 266 Å². The summed E-state index contributed by atoms with van der Waals surface area (Å²) in [6.45, 7) is 20.0. The summed E-state index contributed by atoms with van der Waals surface area (Å²) >= 11 is 0. The largest absolute Gasteiger partial charge is 0.444 e. The molecule has 0 bridgehead atoms. The number of ether oxygens (including phenoxy) is 1. The van der Waals surface area contributed by atoms with Gasteiger partial charge in [0.05, 0.1) is 12.1 Å². The number of carbonyl (C=O) groups is 3. The van der Waals surface area contributed by atoms with Crippen LogP contribution in [0.25, 0.3) is 0 Å². The van der Waals surface area contributed by atoms with Gasteiger partial charge < -0.3 is 25.5 Å². The zero-order valence-electron chi connectivity index (χ0n) is 28.4. The van der Waals surface area contributed by atoms with Crippen molar-refractivity contribution in [3.63, 3.8) is 0 Å². The van der Waals surface area contributed by atoms with E-state index in [1.165, 1.54) is 0 Å². The molecule has 4 N–H and O–H groups in total. The van der Waals surface area contributed by atoms with Gasteiger partial charge in [0.1, 0.15) is 11.6 Å². The number of nitrogens with two attached hydrogens (primary N) is 1. The van der Waals surface area contributed by atoms with Crippen molar-refractivity contribution in [1.29, 1.82) is 0 Å². The molecule has 0 saturated heterocycles. The first-order valence-electron chi connectivity index (χ1n) is 15.6. The van der Waals surface area contributed by atoms with Gasteiger partial charge in [0.15, 0.2) is 8.32 Å². The van der Waals surface area contributed by atoms with Gasteiger partial charge in [-0.2, -0.15) is 0 Å². The van der Waals surface area contributed by atoms with Gasteiger partial charge in [0.25, 0.3) is 0 Å². The highest BCUT2D eigenvalue weighted by Crippen LogP contribution is 2.39. The Morgan fingerprint density at radius 1 is 0.818 bits per heavy atom. The van der Waals surface area contributed by atoms with Crippen molar-refractivity contribution >= 4 is 26.2 Å². The molecule has 44 heavy (non-hydrogen) atoms. The number of primary amides is 1. The molecule has 0 aliphatic carbocycles. The van der Waals surface area contributed by atoms with Crippen LogP contribution in [0, 0.1) is 11.8 Å². The molecule has 0 saturated carbocycles. The van der Waals surface area contributed by atoms with Gasteiger partial charge in [-0.25, -0.2) is 4.79 Å². The number of alkyl carbamates (subject to hydrolysis) is 1. The molecule has 0 heterocycles.